The van der Waals surface area contributed by atoms with Crippen molar-refractivity contribution < 1.29 is 9.18 Å². The fourth-order valence-electron chi connectivity index (χ4n) is 3.28. The molecule has 1 amide bonds. The third-order valence-corrected chi connectivity index (χ3v) is 4.75. The lowest BCUT2D eigenvalue weighted by atomic mass is 10.1. The molecule has 0 unspecified atom stereocenters. The van der Waals surface area contributed by atoms with Gasteiger partial charge < -0.3 is 9.72 Å². The van der Waals surface area contributed by atoms with E-state index in [9.17, 15) is 9.18 Å². The van der Waals surface area contributed by atoms with Crippen LogP contribution >= 0.6 is 0 Å². The second kappa shape index (κ2) is 7.64. The summed E-state index contributed by atoms with van der Waals surface area (Å²) in [7, 11) is 0. The van der Waals surface area contributed by atoms with Gasteiger partial charge in [-0.3, -0.25) is 4.79 Å². The Morgan fingerprint density at radius 1 is 1.04 bits per heavy atom. The SMILES string of the molecule is Cc1ccccc1NC(=O)CCc1c(-c2ccc(F)cc2)nc2ccccn12. The molecular weight excluding hydrogens is 353 g/mol. The normalized spacial score (nSPS) is 10.9. The molecule has 4 nitrogen and oxygen atoms in total. The Balaban J connectivity index is 1.60. The lowest BCUT2D eigenvalue weighted by Gasteiger charge is -2.09. The number of halogens is 1. The minimum atomic E-state index is -0.285. The zero-order valence-electron chi connectivity index (χ0n) is 15.5. The van der Waals surface area contributed by atoms with Crippen molar-refractivity contribution in [3.8, 4) is 11.3 Å². The molecule has 2 aromatic heterocycles. The monoisotopic (exact) mass is 373 g/mol. The molecule has 2 heterocycles. The van der Waals surface area contributed by atoms with E-state index in [0.29, 0.717) is 12.8 Å². The highest BCUT2D eigenvalue weighted by molar-refractivity contribution is 5.91. The number of imidazole rings is 1. The first kappa shape index (κ1) is 17.9. The van der Waals surface area contributed by atoms with E-state index in [1.165, 1.54) is 12.1 Å². The molecule has 0 radical (unpaired) electrons. The van der Waals surface area contributed by atoms with Gasteiger partial charge in [-0.05, 0) is 61.4 Å². The third-order valence-electron chi connectivity index (χ3n) is 4.75. The maximum atomic E-state index is 13.3. The van der Waals surface area contributed by atoms with E-state index < -0.39 is 0 Å². The van der Waals surface area contributed by atoms with Crippen LogP contribution in [0.5, 0.6) is 0 Å². The number of carbonyl (C=O) groups excluding carboxylic acids is 1. The molecule has 0 atom stereocenters. The number of fused-ring (bicyclic) bond motifs is 1. The van der Waals surface area contributed by atoms with Crippen molar-refractivity contribution in [3.05, 3.63) is 90.0 Å². The summed E-state index contributed by atoms with van der Waals surface area (Å²) in [5.74, 6) is -0.336. The van der Waals surface area contributed by atoms with Crippen LogP contribution in [0, 0.1) is 12.7 Å². The minimum Gasteiger partial charge on any atom is -0.326 e. The van der Waals surface area contributed by atoms with Crippen LogP contribution in [0.15, 0.2) is 72.9 Å². The summed E-state index contributed by atoms with van der Waals surface area (Å²) in [6, 6.07) is 19.8. The average molecular weight is 373 g/mol. The van der Waals surface area contributed by atoms with Crippen molar-refractivity contribution in [1.82, 2.24) is 9.38 Å². The van der Waals surface area contributed by atoms with E-state index in [1.54, 1.807) is 12.1 Å². The molecule has 4 rings (SSSR count). The molecule has 0 aliphatic rings. The van der Waals surface area contributed by atoms with Crippen LogP contribution in [0.1, 0.15) is 17.7 Å². The van der Waals surface area contributed by atoms with E-state index in [0.717, 1.165) is 33.8 Å². The molecule has 1 N–H and O–H groups in total. The highest BCUT2D eigenvalue weighted by atomic mass is 19.1. The van der Waals surface area contributed by atoms with E-state index in [1.807, 2.05) is 60.0 Å². The summed E-state index contributed by atoms with van der Waals surface area (Å²) in [4.78, 5) is 17.2. The van der Waals surface area contributed by atoms with Crippen molar-refractivity contribution in [2.24, 2.45) is 0 Å². The predicted octanol–water partition coefficient (Wildman–Crippen LogP) is 5.02. The first-order valence-electron chi connectivity index (χ1n) is 9.19. The van der Waals surface area contributed by atoms with Crippen LogP contribution in [0.3, 0.4) is 0 Å². The predicted molar refractivity (Wildman–Crippen MR) is 109 cm³/mol. The number of hydrogen-bond acceptors (Lipinski definition) is 2. The van der Waals surface area contributed by atoms with Crippen molar-refractivity contribution in [2.45, 2.75) is 19.8 Å². The fraction of sp³-hybridized carbons (Fsp3) is 0.130. The summed E-state index contributed by atoms with van der Waals surface area (Å²) in [5, 5.41) is 2.97. The van der Waals surface area contributed by atoms with Gasteiger partial charge in [0.05, 0.1) is 11.4 Å². The highest BCUT2D eigenvalue weighted by Gasteiger charge is 2.15. The molecule has 0 aliphatic heterocycles. The van der Waals surface area contributed by atoms with Gasteiger partial charge in [0.1, 0.15) is 11.5 Å². The Morgan fingerprint density at radius 3 is 2.57 bits per heavy atom. The molecule has 0 saturated heterocycles. The number of rotatable bonds is 5. The number of pyridine rings is 1. The quantitative estimate of drug-likeness (QED) is 0.534. The van der Waals surface area contributed by atoms with Crippen molar-refractivity contribution in [3.63, 3.8) is 0 Å². The van der Waals surface area contributed by atoms with Gasteiger partial charge in [-0.25, -0.2) is 9.37 Å². The number of nitrogens with one attached hydrogen (secondary N) is 1. The number of amides is 1. The van der Waals surface area contributed by atoms with Gasteiger partial charge in [-0.15, -0.1) is 0 Å². The average Bonchev–Trinajstić information content (AvgIpc) is 3.07. The highest BCUT2D eigenvalue weighted by Crippen LogP contribution is 2.26. The smallest absolute Gasteiger partial charge is 0.224 e. The van der Waals surface area contributed by atoms with E-state index >= 15 is 0 Å². The van der Waals surface area contributed by atoms with Gasteiger partial charge >= 0.3 is 0 Å². The molecule has 0 aliphatic carbocycles. The second-order valence-corrected chi connectivity index (χ2v) is 6.71. The summed E-state index contributed by atoms with van der Waals surface area (Å²) < 4.78 is 15.3. The standard InChI is InChI=1S/C23H20FN3O/c1-16-6-2-3-7-19(16)25-22(28)14-13-20-23(17-9-11-18(24)12-10-17)26-21-8-4-5-15-27(20)21/h2-12,15H,13-14H2,1H3,(H,25,28). The Hall–Kier alpha value is -3.47. The number of carbonyl (C=O) groups is 1. The van der Waals surface area contributed by atoms with Crippen LogP contribution in [0.2, 0.25) is 0 Å². The first-order chi connectivity index (χ1) is 13.6. The Bertz CT molecular complexity index is 1130. The summed E-state index contributed by atoms with van der Waals surface area (Å²) in [6.07, 6.45) is 2.78. The number of aromatic nitrogens is 2. The van der Waals surface area contributed by atoms with Gasteiger partial charge in [-0.1, -0.05) is 24.3 Å². The van der Waals surface area contributed by atoms with E-state index in [2.05, 4.69) is 5.32 Å². The molecular formula is C23H20FN3O. The van der Waals surface area contributed by atoms with Crippen molar-refractivity contribution >= 4 is 17.2 Å². The van der Waals surface area contributed by atoms with Gasteiger partial charge in [-0.2, -0.15) is 0 Å². The number of anilines is 1. The van der Waals surface area contributed by atoms with Crippen LogP contribution in [-0.4, -0.2) is 15.3 Å². The molecule has 2 aromatic carbocycles. The molecule has 5 heteroatoms. The molecule has 0 saturated carbocycles. The maximum absolute atomic E-state index is 13.3. The van der Waals surface area contributed by atoms with Crippen molar-refractivity contribution in [1.29, 1.82) is 0 Å². The third kappa shape index (κ3) is 3.64. The van der Waals surface area contributed by atoms with Gasteiger partial charge in [0.25, 0.3) is 0 Å². The zero-order valence-corrected chi connectivity index (χ0v) is 15.5. The largest absolute Gasteiger partial charge is 0.326 e. The second-order valence-electron chi connectivity index (χ2n) is 6.71. The molecule has 0 fully saturated rings. The number of aryl methyl sites for hydroxylation is 2. The van der Waals surface area contributed by atoms with Crippen LogP contribution in [0.4, 0.5) is 10.1 Å². The summed E-state index contributed by atoms with van der Waals surface area (Å²) in [5.41, 5.74) is 5.19. The lowest BCUT2D eigenvalue weighted by molar-refractivity contribution is -0.116. The minimum absolute atomic E-state index is 0.0507. The fourth-order valence-corrected chi connectivity index (χ4v) is 3.28. The number of hydrogen-bond donors (Lipinski definition) is 1. The number of nitrogens with zero attached hydrogens (tertiary/aromatic N) is 2. The van der Waals surface area contributed by atoms with Crippen molar-refractivity contribution in [2.75, 3.05) is 5.32 Å². The van der Waals surface area contributed by atoms with E-state index in [-0.39, 0.29) is 11.7 Å². The molecule has 140 valence electrons. The lowest BCUT2D eigenvalue weighted by Crippen LogP contribution is -2.13. The maximum Gasteiger partial charge on any atom is 0.224 e. The summed E-state index contributed by atoms with van der Waals surface area (Å²) in [6.45, 7) is 1.97. The number of benzene rings is 2. The number of para-hydroxylation sites is 1. The Morgan fingerprint density at radius 2 is 1.79 bits per heavy atom. The van der Waals surface area contributed by atoms with Gasteiger partial charge in [0.2, 0.25) is 5.91 Å². The first-order valence-corrected chi connectivity index (χ1v) is 9.19. The topological polar surface area (TPSA) is 46.4 Å². The van der Waals surface area contributed by atoms with Crippen LogP contribution in [-0.2, 0) is 11.2 Å². The Kier molecular flexibility index (Phi) is 4.89. The van der Waals surface area contributed by atoms with Crippen LogP contribution < -0.4 is 5.32 Å². The Labute approximate surface area is 162 Å². The van der Waals surface area contributed by atoms with E-state index in [4.69, 9.17) is 4.98 Å². The molecule has 0 bridgehead atoms. The van der Waals surface area contributed by atoms with Gasteiger partial charge in [0.15, 0.2) is 0 Å². The zero-order chi connectivity index (χ0) is 19.5. The van der Waals surface area contributed by atoms with Crippen LogP contribution in [0.25, 0.3) is 16.9 Å². The van der Waals surface area contributed by atoms with Gasteiger partial charge in [0, 0.05) is 23.9 Å². The summed E-state index contributed by atoms with van der Waals surface area (Å²) >= 11 is 0. The molecule has 4 aromatic rings. The molecule has 0 spiro atoms. The molecule has 28 heavy (non-hydrogen) atoms.